The van der Waals surface area contributed by atoms with Gasteiger partial charge in [0.1, 0.15) is 0 Å². The molecule has 0 rings (SSSR count). The Hall–Kier alpha value is -1.11. The average molecular weight is 150 g/mol. The fraction of sp³-hybridized carbons (Fsp3) is 0.250. The summed E-state index contributed by atoms with van der Waals surface area (Å²) >= 11 is 0. The van der Waals surface area contributed by atoms with Crippen LogP contribution in [0.25, 0.3) is 0 Å². The van der Waals surface area contributed by atoms with E-state index in [0.717, 1.165) is 0 Å². The molecule has 0 aromatic carbocycles. The van der Waals surface area contributed by atoms with Crippen LogP contribution in [-0.4, -0.2) is 27.3 Å². The molecule has 2 amide bonds. The lowest BCUT2D eigenvalue weighted by Gasteiger charge is -2.03. The molecule has 0 bridgehead atoms. The largest absolute Gasteiger partial charge is 0.352 e. The van der Waals surface area contributed by atoms with Gasteiger partial charge in [0.05, 0.1) is 0 Å². The van der Waals surface area contributed by atoms with Crippen LogP contribution in [-0.2, 0) is 0 Å². The minimum absolute atomic E-state index is 0.604. The molecule has 0 spiro atoms. The maximum absolute atomic E-state index is 9.00. The van der Waals surface area contributed by atoms with Crippen LogP contribution in [0, 0.1) is 0 Å². The van der Waals surface area contributed by atoms with Crippen molar-refractivity contribution < 1.29 is 20.1 Å². The molecule has 6 nitrogen and oxygen atoms in total. The van der Waals surface area contributed by atoms with Gasteiger partial charge in [-0.05, 0) is 6.08 Å². The number of carbonyl (C=O) groups is 1. The summed E-state index contributed by atoms with van der Waals surface area (Å²) in [5.41, 5.74) is 8.50. The second-order valence-corrected chi connectivity index (χ2v) is 1.29. The van der Waals surface area contributed by atoms with Crippen LogP contribution in [0.3, 0.4) is 0 Å². The van der Waals surface area contributed by atoms with Crippen molar-refractivity contribution in [2.24, 2.45) is 11.5 Å². The maximum Gasteiger partial charge on any atom is 0.309 e. The summed E-state index contributed by atoms with van der Waals surface area (Å²) < 4.78 is 0. The van der Waals surface area contributed by atoms with E-state index < -0.39 is 12.0 Å². The fourth-order valence-corrected chi connectivity index (χ4v) is 0. The molecule has 0 fully saturated rings. The quantitative estimate of drug-likeness (QED) is 0.215. The molecule has 60 valence electrons. The number of hydrogen-bond acceptors (Lipinski definition) is 4. The molecule has 7 N–H and O–H groups in total. The number of nitrogens with two attached hydrogens (primary N) is 2. The zero-order chi connectivity index (χ0) is 8.78. The Balaban J connectivity index is 0. The fourth-order valence-electron chi connectivity index (χ4n) is 0. The van der Waals surface area contributed by atoms with E-state index in [1.807, 2.05) is 0 Å². The molecule has 0 saturated heterocycles. The first-order valence-corrected chi connectivity index (χ1v) is 2.15. The summed E-state index contributed by atoms with van der Waals surface area (Å²) in [6, 6.07) is -0.833. The van der Waals surface area contributed by atoms with E-state index in [0.29, 0.717) is 6.08 Å². The zero-order valence-corrected chi connectivity index (χ0v) is 5.19. The van der Waals surface area contributed by atoms with Crippen molar-refractivity contribution >= 4 is 6.03 Å². The Morgan fingerprint density at radius 1 is 1.40 bits per heavy atom. The molecule has 0 heterocycles. The summed E-state index contributed by atoms with van der Waals surface area (Å²) in [6.07, 6.45) is 0.604. The average Bonchev–Trinajstić information content (AvgIpc) is 1.63. The first-order chi connectivity index (χ1) is 4.29. The van der Waals surface area contributed by atoms with E-state index in [2.05, 4.69) is 18.0 Å². The van der Waals surface area contributed by atoms with Crippen molar-refractivity contribution in [3.05, 3.63) is 12.7 Å². The van der Waals surface area contributed by atoms with Gasteiger partial charge in [-0.3, -0.25) is 0 Å². The van der Waals surface area contributed by atoms with Crippen molar-refractivity contribution in [3.8, 4) is 0 Å². The highest BCUT2D eigenvalue weighted by atomic mass is 16.7. The van der Waals surface area contributed by atoms with Crippen molar-refractivity contribution in [1.82, 2.24) is 0 Å². The summed E-state index contributed by atoms with van der Waals surface area (Å²) in [4.78, 5) is 9.00. The van der Waals surface area contributed by atoms with Gasteiger partial charge >= 0.3 is 6.03 Å². The van der Waals surface area contributed by atoms with E-state index in [4.69, 9.17) is 20.1 Å². The van der Waals surface area contributed by atoms with Crippen LogP contribution in [0.4, 0.5) is 4.79 Å². The number of carbonyl (C=O) groups excluding carboxylic acids is 1. The number of hydrogen-bond donors (Lipinski definition) is 5. The van der Waals surface area contributed by atoms with Crippen molar-refractivity contribution in [3.63, 3.8) is 0 Å². The number of amides is 2. The van der Waals surface area contributed by atoms with Crippen LogP contribution in [0.1, 0.15) is 0 Å². The summed E-state index contributed by atoms with van der Waals surface area (Å²) in [7, 11) is 0. The highest BCUT2D eigenvalue weighted by Crippen LogP contribution is 1.88. The molecule has 0 radical (unpaired) electrons. The Kier molecular flexibility index (Phi) is 5.52. The summed E-state index contributed by atoms with van der Waals surface area (Å²) in [6.45, 7) is 2.88. The highest BCUT2D eigenvalue weighted by Gasteiger charge is 2.08. The van der Waals surface area contributed by atoms with Gasteiger partial charge in [-0.1, -0.05) is 6.58 Å². The van der Waals surface area contributed by atoms with E-state index in [1.165, 1.54) is 0 Å². The maximum atomic E-state index is 9.00. The molecular weight excluding hydrogens is 140 g/mol. The normalized spacial score (nSPS) is 9.10. The number of urea groups is 1. The van der Waals surface area contributed by atoms with Gasteiger partial charge in [0.15, 0.2) is 0 Å². The third kappa shape index (κ3) is 66.9. The lowest BCUT2D eigenvalue weighted by molar-refractivity contribution is -0.273. The minimum atomic E-state index is -2.69. The van der Waals surface area contributed by atoms with Gasteiger partial charge in [0, 0.05) is 0 Å². The second-order valence-electron chi connectivity index (χ2n) is 1.29. The van der Waals surface area contributed by atoms with Crippen molar-refractivity contribution in [1.29, 1.82) is 0 Å². The summed E-state index contributed by atoms with van der Waals surface area (Å²) in [5, 5.41) is 23.5. The first-order valence-electron chi connectivity index (χ1n) is 2.15. The van der Waals surface area contributed by atoms with E-state index >= 15 is 0 Å². The Morgan fingerprint density at radius 3 is 1.50 bits per heavy atom. The number of rotatable bonds is 1. The van der Waals surface area contributed by atoms with Crippen molar-refractivity contribution in [2.75, 3.05) is 0 Å². The Morgan fingerprint density at radius 2 is 1.50 bits per heavy atom. The predicted octanol–water partition coefficient (Wildman–Crippen LogP) is -2.17. The van der Waals surface area contributed by atoms with Gasteiger partial charge in [-0.15, -0.1) is 0 Å². The van der Waals surface area contributed by atoms with Crippen LogP contribution in [0.5, 0.6) is 0 Å². The third-order valence-corrected chi connectivity index (χ3v) is 0.274. The number of aliphatic hydroxyl groups is 3. The molecule has 0 aromatic heterocycles. The lowest BCUT2D eigenvalue weighted by atomic mass is 10.6. The van der Waals surface area contributed by atoms with Gasteiger partial charge in [-0.25, -0.2) is 4.79 Å². The minimum Gasteiger partial charge on any atom is -0.352 e. The van der Waals surface area contributed by atoms with Crippen LogP contribution in [0.2, 0.25) is 0 Å². The monoisotopic (exact) mass is 150 g/mol. The van der Waals surface area contributed by atoms with Crippen LogP contribution >= 0.6 is 0 Å². The predicted molar refractivity (Wildman–Crippen MR) is 33.4 cm³/mol. The van der Waals surface area contributed by atoms with Crippen molar-refractivity contribution in [2.45, 2.75) is 5.97 Å². The lowest BCUT2D eigenvalue weighted by Crippen LogP contribution is -2.22. The molecule has 0 aliphatic carbocycles. The second kappa shape index (κ2) is 4.74. The molecular formula is C4H10N2O4. The molecule has 10 heavy (non-hydrogen) atoms. The molecule has 0 atom stereocenters. The van der Waals surface area contributed by atoms with Gasteiger partial charge in [0.25, 0.3) is 5.97 Å². The number of primary amides is 2. The molecule has 0 aromatic rings. The molecule has 0 saturated carbocycles. The first kappa shape index (κ1) is 11.7. The van der Waals surface area contributed by atoms with Crippen LogP contribution in [0.15, 0.2) is 12.7 Å². The molecule has 0 unspecified atom stereocenters. The van der Waals surface area contributed by atoms with E-state index in [1.54, 1.807) is 0 Å². The SMILES string of the molecule is C=CC(O)(O)O.NC(N)=O. The van der Waals surface area contributed by atoms with E-state index in [9.17, 15) is 0 Å². The standard InChI is InChI=1S/C3H6O3.CH4N2O/c1-2-3(4,5)6;2-1(3)4/h2,4-6H,1H2;(H4,2,3,4). The van der Waals surface area contributed by atoms with Gasteiger partial charge in [0.2, 0.25) is 0 Å². The topological polar surface area (TPSA) is 130 Å². The third-order valence-electron chi connectivity index (χ3n) is 0.274. The molecule has 6 heteroatoms. The Bertz CT molecular complexity index is 113. The van der Waals surface area contributed by atoms with E-state index in [-0.39, 0.29) is 0 Å². The zero-order valence-electron chi connectivity index (χ0n) is 5.19. The molecule has 0 aliphatic heterocycles. The molecule has 0 aliphatic rings. The van der Waals surface area contributed by atoms with Crippen LogP contribution < -0.4 is 11.5 Å². The summed E-state index contributed by atoms with van der Waals surface area (Å²) in [5.74, 6) is -2.69. The van der Waals surface area contributed by atoms with Gasteiger partial charge < -0.3 is 26.8 Å². The van der Waals surface area contributed by atoms with Gasteiger partial charge in [-0.2, -0.15) is 0 Å². The smallest absolute Gasteiger partial charge is 0.309 e. The Labute approximate surface area is 57.4 Å². The highest BCUT2D eigenvalue weighted by molar-refractivity contribution is 5.69.